The SMILES string of the molecule is CCOC(=O)c1sc(NC(=O)c2ccccc2C(F)(F)F)nc1C. The molecule has 0 saturated heterocycles. The van der Waals surface area contributed by atoms with Crippen LogP contribution < -0.4 is 5.32 Å². The van der Waals surface area contributed by atoms with Gasteiger partial charge in [-0.15, -0.1) is 0 Å². The molecule has 0 unspecified atom stereocenters. The summed E-state index contributed by atoms with van der Waals surface area (Å²) in [7, 11) is 0. The summed E-state index contributed by atoms with van der Waals surface area (Å²) in [4.78, 5) is 28.0. The minimum atomic E-state index is -4.65. The van der Waals surface area contributed by atoms with E-state index in [-0.39, 0.29) is 16.6 Å². The molecule has 2 aromatic rings. The van der Waals surface area contributed by atoms with Gasteiger partial charge in [0.25, 0.3) is 5.91 Å². The number of carbonyl (C=O) groups is 2. The van der Waals surface area contributed by atoms with Gasteiger partial charge in [-0.3, -0.25) is 10.1 Å². The maximum absolute atomic E-state index is 13.0. The predicted octanol–water partition coefficient (Wildman–Crippen LogP) is 3.90. The molecule has 9 heteroatoms. The number of rotatable bonds is 4. The van der Waals surface area contributed by atoms with E-state index in [0.29, 0.717) is 5.69 Å². The molecule has 0 radical (unpaired) electrons. The largest absolute Gasteiger partial charge is 0.462 e. The first kappa shape index (κ1) is 17.9. The second-order valence-corrected chi connectivity index (χ2v) is 5.65. The molecule has 1 aromatic heterocycles. The van der Waals surface area contributed by atoms with Gasteiger partial charge in [-0.2, -0.15) is 13.2 Å². The highest BCUT2D eigenvalue weighted by molar-refractivity contribution is 7.17. The quantitative estimate of drug-likeness (QED) is 0.842. The Labute approximate surface area is 139 Å². The Bertz CT molecular complexity index is 772. The van der Waals surface area contributed by atoms with E-state index in [4.69, 9.17) is 4.74 Å². The topological polar surface area (TPSA) is 68.3 Å². The van der Waals surface area contributed by atoms with Crippen LogP contribution in [0.4, 0.5) is 18.3 Å². The van der Waals surface area contributed by atoms with Crippen molar-refractivity contribution in [1.82, 2.24) is 4.98 Å². The van der Waals surface area contributed by atoms with Crippen molar-refractivity contribution in [2.24, 2.45) is 0 Å². The van der Waals surface area contributed by atoms with Gasteiger partial charge in [0, 0.05) is 0 Å². The van der Waals surface area contributed by atoms with Gasteiger partial charge >= 0.3 is 12.1 Å². The van der Waals surface area contributed by atoms with Gasteiger partial charge in [-0.25, -0.2) is 9.78 Å². The Kier molecular flexibility index (Phi) is 5.23. The number of amides is 1. The molecule has 128 valence electrons. The molecule has 0 atom stereocenters. The lowest BCUT2D eigenvalue weighted by atomic mass is 10.1. The summed E-state index contributed by atoms with van der Waals surface area (Å²) in [6.45, 7) is 3.36. The third-order valence-electron chi connectivity index (χ3n) is 2.95. The molecule has 0 bridgehead atoms. The molecule has 5 nitrogen and oxygen atoms in total. The fourth-order valence-corrected chi connectivity index (χ4v) is 2.78. The average molecular weight is 358 g/mol. The Balaban J connectivity index is 2.26. The molecule has 0 fully saturated rings. The molecule has 1 amide bonds. The second kappa shape index (κ2) is 7.00. The normalized spacial score (nSPS) is 11.2. The van der Waals surface area contributed by atoms with Crippen LogP contribution in [-0.4, -0.2) is 23.5 Å². The summed E-state index contributed by atoms with van der Waals surface area (Å²) in [5.74, 6) is -1.55. The highest BCUT2D eigenvalue weighted by atomic mass is 32.1. The zero-order valence-corrected chi connectivity index (χ0v) is 13.5. The van der Waals surface area contributed by atoms with Crippen LogP contribution in [-0.2, 0) is 10.9 Å². The zero-order chi connectivity index (χ0) is 17.9. The van der Waals surface area contributed by atoms with Gasteiger partial charge in [-0.05, 0) is 26.0 Å². The van der Waals surface area contributed by atoms with Gasteiger partial charge in [0.05, 0.1) is 23.4 Å². The Morgan fingerprint density at radius 2 is 1.96 bits per heavy atom. The van der Waals surface area contributed by atoms with Crippen molar-refractivity contribution in [3.8, 4) is 0 Å². The van der Waals surface area contributed by atoms with E-state index in [9.17, 15) is 22.8 Å². The summed E-state index contributed by atoms with van der Waals surface area (Å²) < 4.78 is 43.7. The van der Waals surface area contributed by atoms with Crippen LogP contribution in [0.5, 0.6) is 0 Å². The third-order valence-corrected chi connectivity index (χ3v) is 4.01. The lowest BCUT2D eigenvalue weighted by Crippen LogP contribution is -2.18. The van der Waals surface area contributed by atoms with Crippen molar-refractivity contribution in [1.29, 1.82) is 0 Å². The van der Waals surface area contributed by atoms with Crippen LogP contribution in [0.2, 0.25) is 0 Å². The fraction of sp³-hybridized carbons (Fsp3) is 0.267. The Morgan fingerprint density at radius 1 is 1.29 bits per heavy atom. The summed E-state index contributed by atoms with van der Waals surface area (Å²) in [5.41, 5.74) is -1.23. The number of hydrogen-bond donors (Lipinski definition) is 1. The van der Waals surface area contributed by atoms with E-state index in [0.717, 1.165) is 23.5 Å². The van der Waals surface area contributed by atoms with Crippen molar-refractivity contribution < 1.29 is 27.5 Å². The van der Waals surface area contributed by atoms with Gasteiger partial charge in [0.1, 0.15) is 4.88 Å². The molecular weight excluding hydrogens is 345 g/mol. The highest BCUT2D eigenvalue weighted by Gasteiger charge is 2.35. The molecule has 24 heavy (non-hydrogen) atoms. The maximum Gasteiger partial charge on any atom is 0.417 e. The number of halogens is 3. The average Bonchev–Trinajstić information content (AvgIpc) is 2.87. The number of benzene rings is 1. The van der Waals surface area contributed by atoms with Crippen molar-refractivity contribution in [2.45, 2.75) is 20.0 Å². The van der Waals surface area contributed by atoms with Gasteiger partial charge in [0.15, 0.2) is 5.13 Å². The van der Waals surface area contributed by atoms with Crippen molar-refractivity contribution in [3.05, 3.63) is 46.0 Å². The minimum absolute atomic E-state index is 0.0255. The number of aromatic nitrogens is 1. The monoisotopic (exact) mass is 358 g/mol. The highest BCUT2D eigenvalue weighted by Crippen LogP contribution is 2.32. The molecule has 0 aliphatic heterocycles. The number of thiazole rings is 1. The number of esters is 1. The number of anilines is 1. The molecule has 1 N–H and O–H groups in total. The van der Waals surface area contributed by atoms with Crippen LogP contribution in [0.25, 0.3) is 0 Å². The number of aryl methyl sites for hydroxylation is 1. The van der Waals surface area contributed by atoms with Crippen LogP contribution in [0.1, 0.15) is 38.2 Å². The number of alkyl halides is 3. The number of nitrogens with zero attached hydrogens (tertiary/aromatic N) is 1. The third kappa shape index (κ3) is 3.91. The number of carbonyl (C=O) groups excluding carboxylic acids is 2. The zero-order valence-electron chi connectivity index (χ0n) is 12.7. The fourth-order valence-electron chi connectivity index (χ4n) is 1.93. The van der Waals surface area contributed by atoms with Gasteiger partial charge in [-0.1, -0.05) is 23.5 Å². The molecule has 1 aromatic carbocycles. The van der Waals surface area contributed by atoms with E-state index in [1.807, 2.05) is 0 Å². The predicted molar refractivity (Wildman–Crippen MR) is 82.2 cm³/mol. The molecule has 0 saturated carbocycles. The van der Waals surface area contributed by atoms with E-state index in [1.54, 1.807) is 13.8 Å². The van der Waals surface area contributed by atoms with Crippen molar-refractivity contribution in [2.75, 3.05) is 11.9 Å². The molecule has 0 aliphatic carbocycles. The molecular formula is C15H13F3N2O3S. The molecule has 2 rings (SSSR count). The maximum atomic E-state index is 13.0. The summed E-state index contributed by atoms with van der Waals surface area (Å²) in [5, 5.41) is 2.32. The lowest BCUT2D eigenvalue weighted by Gasteiger charge is -2.11. The summed E-state index contributed by atoms with van der Waals surface area (Å²) >= 11 is 0.845. The van der Waals surface area contributed by atoms with E-state index in [1.165, 1.54) is 12.1 Å². The van der Waals surface area contributed by atoms with E-state index < -0.39 is 29.2 Å². The molecule has 0 spiro atoms. The smallest absolute Gasteiger partial charge is 0.417 e. The molecule has 1 heterocycles. The number of nitrogens with one attached hydrogen (secondary N) is 1. The summed E-state index contributed by atoms with van der Waals surface area (Å²) in [6.07, 6.45) is -4.65. The molecule has 0 aliphatic rings. The van der Waals surface area contributed by atoms with Gasteiger partial charge < -0.3 is 4.74 Å². The van der Waals surface area contributed by atoms with Crippen LogP contribution in [0.15, 0.2) is 24.3 Å². The second-order valence-electron chi connectivity index (χ2n) is 4.65. The van der Waals surface area contributed by atoms with E-state index >= 15 is 0 Å². The Morgan fingerprint density at radius 3 is 2.58 bits per heavy atom. The van der Waals surface area contributed by atoms with Crippen molar-refractivity contribution in [3.63, 3.8) is 0 Å². The number of ether oxygens (including phenoxy) is 1. The lowest BCUT2D eigenvalue weighted by molar-refractivity contribution is -0.137. The van der Waals surface area contributed by atoms with Crippen LogP contribution >= 0.6 is 11.3 Å². The van der Waals surface area contributed by atoms with Crippen molar-refractivity contribution >= 4 is 28.3 Å². The minimum Gasteiger partial charge on any atom is -0.462 e. The van der Waals surface area contributed by atoms with Crippen LogP contribution in [0.3, 0.4) is 0 Å². The van der Waals surface area contributed by atoms with Gasteiger partial charge in [0.2, 0.25) is 0 Å². The van der Waals surface area contributed by atoms with Crippen LogP contribution in [0, 0.1) is 6.92 Å². The Hall–Kier alpha value is -2.42. The number of hydrogen-bond acceptors (Lipinski definition) is 5. The first-order valence-electron chi connectivity index (χ1n) is 6.86. The van der Waals surface area contributed by atoms with E-state index in [2.05, 4.69) is 10.3 Å². The summed E-state index contributed by atoms with van der Waals surface area (Å²) in [6, 6.07) is 4.43. The first-order valence-corrected chi connectivity index (χ1v) is 7.67. The first-order chi connectivity index (χ1) is 11.2. The standard InChI is InChI=1S/C15H13F3N2O3S/c1-3-23-13(22)11-8(2)19-14(24-11)20-12(21)9-6-4-5-7-10(9)15(16,17)18/h4-7H,3H2,1-2H3,(H,19,20,21).